The van der Waals surface area contributed by atoms with Gasteiger partial charge in [-0.1, -0.05) is 23.5 Å². The first-order valence-electron chi connectivity index (χ1n) is 9.44. The SMILES string of the molecule is CCOC(=O)N1CCN([C@H](c2ccc(F)cc2)c2sc3nc(C)nn3c2O)CC1. The Hall–Kier alpha value is -2.72. The Morgan fingerprint density at radius 3 is 2.59 bits per heavy atom. The Kier molecular flexibility index (Phi) is 5.37. The minimum absolute atomic E-state index is 0.0350. The van der Waals surface area contributed by atoms with Crippen LogP contribution in [-0.4, -0.2) is 68.4 Å². The summed E-state index contributed by atoms with van der Waals surface area (Å²) in [6, 6.07) is 5.97. The van der Waals surface area contributed by atoms with Gasteiger partial charge in [-0.05, 0) is 31.5 Å². The van der Waals surface area contributed by atoms with Crippen LogP contribution in [0.3, 0.4) is 0 Å². The topological polar surface area (TPSA) is 83.2 Å². The van der Waals surface area contributed by atoms with E-state index < -0.39 is 0 Å². The molecule has 1 aliphatic rings. The van der Waals surface area contributed by atoms with Gasteiger partial charge in [-0.25, -0.2) is 14.2 Å². The molecule has 0 spiro atoms. The summed E-state index contributed by atoms with van der Waals surface area (Å²) in [4.78, 5) is 21.5. The molecule has 1 aliphatic heterocycles. The molecule has 4 rings (SSSR count). The summed E-state index contributed by atoms with van der Waals surface area (Å²) in [6.07, 6.45) is -0.317. The molecule has 154 valence electrons. The largest absolute Gasteiger partial charge is 0.492 e. The van der Waals surface area contributed by atoms with Gasteiger partial charge in [0, 0.05) is 26.2 Å². The Morgan fingerprint density at radius 1 is 1.28 bits per heavy atom. The average Bonchev–Trinajstić information content (AvgIpc) is 3.22. The van der Waals surface area contributed by atoms with Crippen LogP contribution >= 0.6 is 11.3 Å². The average molecular weight is 419 g/mol. The van der Waals surface area contributed by atoms with Crippen LogP contribution in [0.15, 0.2) is 24.3 Å². The molecular formula is C19H22FN5O3S. The predicted molar refractivity (Wildman–Crippen MR) is 106 cm³/mol. The molecule has 0 aliphatic carbocycles. The standard InChI is InChI=1S/C19H22FN5O3S/c1-3-28-19(27)24-10-8-23(9-11-24)15(13-4-6-14(20)7-5-13)16-17(26)25-18(29-16)21-12(2)22-25/h4-7,15,26H,3,8-11H2,1-2H3/t15-/m1/s1. The zero-order valence-electron chi connectivity index (χ0n) is 16.2. The van der Waals surface area contributed by atoms with Gasteiger partial charge in [0.1, 0.15) is 11.6 Å². The quantitative estimate of drug-likeness (QED) is 0.700. The van der Waals surface area contributed by atoms with Crippen LogP contribution in [0.5, 0.6) is 5.88 Å². The number of piperazine rings is 1. The summed E-state index contributed by atoms with van der Waals surface area (Å²) in [5.74, 6) is 0.300. The summed E-state index contributed by atoms with van der Waals surface area (Å²) >= 11 is 1.36. The van der Waals surface area contributed by atoms with E-state index in [1.54, 1.807) is 30.9 Å². The fourth-order valence-corrected chi connectivity index (χ4v) is 4.74. The molecule has 2 aromatic heterocycles. The van der Waals surface area contributed by atoms with Crippen molar-refractivity contribution in [1.82, 2.24) is 24.4 Å². The van der Waals surface area contributed by atoms with Crippen LogP contribution in [0.4, 0.5) is 9.18 Å². The van der Waals surface area contributed by atoms with E-state index >= 15 is 0 Å². The summed E-state index contributed by atoms with van der Waals surface area (Å²) in [5, 5.41) is 15.1. The highest BCUT2D eigenvalue weighted by molar-refractivity contribution is 7.17. The van der Waals surface area contributed by atoms with Crippen molar-refractivity contribution in [3.05, 3.63) is 46.3 Å². The minimum Gasteiger partial charge on any atom is -0.492 e. The molecule has 29 heavy (non-hydrogen) atoms. The van der Waals surface area contributed by atoms with Gasteiger partial charge in [-0.2, -0.15) is 4.52 Å². The Morgan fingerprint density at radius 2 is 1.97 bits per heavy atom. The van der Waals surface area contributed by atoms with Crippen LogP contribution in [0.25, 0.3) is 4.96 Å². The van der Waals surface area contributed by atoms with Crippen LogP contribution in [0, 0.1) is 12.7 Å². The number of aromatic nitrogens is 3. The maximum Gasteiger partial charge on any atom is 0.409 e. The molecule has 3 heterocycles. The van der Waals surface area contributed by atoms with Crippen molar-refractivity contribution >= 4 is 22.4 Å². The number of halogens is 1. The molecule has 1 aromatic carbocycles. The van der Waals surface area contributed by atoms with E-state index in [2.05, 4.69) is 15.0 Å². The molecule has 10 heteroatoms. The smallest absolute Gasteiger partial charge is 0.409 e. The number of rotatable bonds is 4. The first kappa shape index (κ1) is 19.6. The summed E-state index contributed by atoms with van der Waals surface area (Å²) in [5.41, 5.74) is 0.854. The number of carbonyl (C=O) groups excluding carboxylic acids is 1. The van der Waals surface area contributed by atoms with Crippen molar-refractivity contribution in [2.45, 2.75) is 19.9 Å². The molecule has 1 atom stereocenters. The first-order valence-corrected chi connectivity index (χ1v) is 10.3. The number of benzene rings is 1. The molecule has 0 radical (unpaired) electrons. The zero-order valence-corrected chi connectivity index (χ0v) is 17.0. The van der Waals surface area contributed by atoms with Crippen LogP contribution < -0.4 is 0 Å². The van der Waals surface area contributed by atoms with E-state index in [0.29, 0.717) is 48.4 Å². The Balaban J connectivity index is 1.66. The van der Waals surface area contributed by atoms with Gasteiger partial charge in [0.05, 0.1) is 17.5 Å². The van der Waals surface area contributed by atoms with Gasteiger partial charge < -0.3 is 14.7 Å². The van der Waals surface area contributed by atoms with E-state index in [0.717, 1.165) is 5.56 Å². The van der Waals surface area contributed by atoms with Gasteiger partial charge in [0.15, 0.2) is 0 Å². The third-order valence-electron chi connectivity index (χ3n) is 4.95. The number of aryl methyl sites for hydroxylation is 1. The van der Waals surface area contributed by atoms with Crippen molar-refractivity contribution in [3.8, 4) is 5.88 Å². The maximum atomic E-state index is 13.5. The molecule has 1 fully saturated rings. The lowest BCUT2D eigenvalue weighted by Gasteiger charge is -2.38. The van der Waals surface area contributed by atoms with Gasteiger partial charge >= 0.3 is 6.09 Å². The number of nitrogens with zero attached hydrogens (tertiary/aromatic N) is 5. The van der Waals surface area contributed by atoms with Gasteiger partial charge in [0.25, 0.3) is 0 Å². The summed E-state index contributed by atoms with van der Waals surface area (Å²) in [7, 11) is 0. The number of ether oxygens (including phenoxy) is 1. The van der Waals surface area contributed by atoms with E-state index in [1.807, 2.05) is 0 Å². The third kappa shape index (κ3) is 3.77. The van der Waals surface area contributed by atoms with E-state index in [1.165, 1.54) is 28.0 Å². The lowest BCUT2D eigenvalue weighted by atomic mass is 10.0. The highest BCUT2D eigenvalue weighted by Crippen LogP contribution is 2.40. The number of amides is 1. The molecule has 8 nitrogen and oxygen atoms in total. The first-order chi connectivity index (χ1) is 14.0. The van der Waals surface area contributed by atoms with Crippen molar-refractivity contribution < 1.29 is 19.0 Å². The molecule has 0 saturated carbocycles. The van der Waals surface area contributed by atoms with E-state index in [4.69, 9.17) is 4.74 Å². The van der Waals surface area contributed by atoms with Crippen LogP contribution in [0.1, 0.15) is 29.2 Å². The monoisotopic (exact) mass is 419 g/mol. The minimum atomic E-state index is -0.317. The Bertz CT molecular complexity index is 1010. The lowest BCUT2D eigenvalue weighted by molar-refractivity contribution is 0.0715. The number of hydrogen-bond donors (Lipinski definition) is 1. The lowest BCUT2D eigenvalue weighted by Crippen LogP contribution is -2.49. The highest BCUT2D eigenvalue weighted by atomic mass is 32.1. The molecular weight excluding hydrogens is 397 g/mol. The van der Waals surface area contributed by atoms with Crippen molar-refractivity contribution in [3.63, 3.8) is 0 Å². The van der Waals surface area contributed by atoms with E-state index in [9.17, 15) is 14.3 Å². The molecule has 0 bridgehead atoms. The molecule has 1 amide bonds. The van der Waals surface area contributed by atoms with Crippen LogP contribution in [-0.2, 0) is 4.74 Å². The number of hydrogen-bond acceptors (Lipinski definition) is 7. The fourth-order valence-electron chi connectivity index (χ4n) is 3.58. The van der Waals surface area contributed by atoms with Gasteiger partial charge in [-0.15, -0.1) is 5.10 Å². The van der Waals surface area contributed by atoms with Gasteiger partial charge in [0.2, 0.25) is 10.8 Å². The fraction of sp³-hybridized carbons (Fsp3) is 0.421. The summed E-state index contributed by atoms with van der Waals surface area (Å²) in [6.45, 7) is 6.09. The predicted octanol–water partition coefficient (Wildman–Crippen LogP) is 2.81. The van der Waals surface area contributed by atoms with Crippen LogP contribution in [0.2, 0.25) is 0 Å². The highest BCUT2D eigenvalue weighted by Gasteiger charge is 2.32. The normalized spacial score (nSPS) is 16.3. The second kappa shape index (κ2) is 7.96. The third-order valence-corrected chi connectivity index (χ3v) is 6.02. The van der Waals surface area contributed by atoms with Crippen molar-refractivity contribution in [2.75, 3.05) is 32.8 Å². The number of thiazole rings is 1. The number of aromatic hydroxyl groups is 1. The van der Waals surface area contributed by atoms with Gasteiger partial charge in [-0.3, -0.25) is 4.90 Å². The molecule has 1 saturated heterocycles. The number of carbonyl (C=O) groups is 1. The zero-order chi connectivity index (χ0) is 20.5. The molecule has 1 N–H and O–H groups in total. The van der Waals surface area contributed by atoms with Crippen molar-refractivity contribution in [1.29, 1.82) is 0 Å². The Labute approximate surface area is 171 Å². The molecule has 3 aromatic rings. The van der Waals surface area contributed by atoms with Crippen molar-refractivity contribution in [2.24, 2.45) is 0 Å². The van der Waals surface area contributed by atoms with E-state index in [-0.39, 0.29) is 23.8 Å². The second-order valence-electron chi connectivity index (χ2n) is 6.82. The summed E-state index contributed by atoms with van der Waals surface area (Å²) < 4.78 is 20.0. The molecule has 0 unspecified atom stereocenters. The number of fused-ring (bicyclic) bond motifs is 1. The second-order valence-corrected chi connectivity index (χ2v) is 7.83. The maximum absolute atomic E-state index is 13.5.